The summed E-state index contributed by atoms with van der Waals surface area (Å²) in [6, 6.07) is 0. The second kappa shape index (κ2) is 10.8. The van der Waals surface area contributed by atoms with Crippen molar-refractivity contribution in [3.05, 3.63) is 0 Å². The quantitative estimate of drug-likeness (QED) is 0.216. The molecule has 12 saturated carbocycles. The van der Waals surface area contributed by atoms with Crippen molar-refractivity contribution in [3.8, 4) is 0 Å². The fourth-order valence-corrected chi connectivity index (χ4v) is 15.8. The number of ketones is 2. The first-order valence-electron chi connectivity index (χ1n) is 20.4. The van der Waals surface area contributed by atoms with Crippen LogP contribution in [0.3, 0.4) is 0 Å². The Bertz CT molecular complexity index is 1260. The van der Waals surface area contributed by atoms with Gasteiger partial charge < -0.3 is 14.2 Å². The number of ether oxygens (including phenoxy) is 3. The number of hydrogen-bond acceptors (Lipinski definition) is 6. The van der Waals surface area contributed by atoms with Gasteiger partial charge in [-0.1, -0.05) is 0 Å². The lowest BCUT2D eigenvalue weighted by molar-refractivity contribution is -0.325. The molecule has 1 heterocycles. The van der Waals surface area contributed by atoms with E-state index < -0.39 is 23.3 Å². The maximum Gasteiger partial charge on any atom is 0.377 e. The predicted molar refractivity (Wildman–Crippen MR) is 175 cm³/mol. The largest absolute Gasteiger partial charge is 0.455 e. The number of halogens is 2. The van der Waals surface area contributed by atoms with E-state index in [4.69, 9.17) is 14.2 Å². The Morgan fingerprint density at radius 3 is 1.33 bits per heavy atom. The molecule has 4 unspecified atom stereocenters. The molecule has 13 aliphatic rings. The van der Waals surface area contributed by atoms with E-state index in [1.54, 1.807) is 0 Å². The summed E-state index contributed by atoms with van der Waals surface area (Å²) in [5, 5.41) is 0. The van der Waals surface area contributed by atoms with Crippen molar-refractivity contribution < 1.29 is 37.4 Å². The first-order chi connectivity index (χ1) is 23.3. The molecule has 13 rings (SSSR count). The molecular weight excluding hydrogens is 626 g/mol. The molecule has 12 bridgehead atoms. The third-order valence-corrected chi connectivity index (χ3v) is 16.6. The van der Waals surface area contributed by atoms with E-state index in [2.05, 4.69) is 0 Å². The van der Waals surface area contributed by atoms with Crippen molar-refractivity contribution in [1.82, 2.24) is 0 Å². The van der Waals surface area contributed by atoms with Gasteiger partial charge in [-0.15, -0.1) is 0 Å². The lowest BCUT2D eigenvalue weighted by Crippen LogP contribution is -2.65. The van der Waals surface area contributed by atoms with Gasteiger partial charge in [0, 0.05) is 42.4 Å². The Labute approximate surface area is 289 Å². The maximum atomic E-state index is 14.2. The van der Waals surface area contributed by atoms with Crippen molar-refractivity contribution in [2.45, 2.75) is 171 Å². The van der Waals surface area contributed by atoms with Gasteiger partial charge in [0.15, 0.2) is 5.79 Å². The number of carbonyl (C=O) groups is 3. The van der Waals surface area contributed by atoms with Crippen molar-refractivity contribution in [1.29, 1.82) is 0 Å². The third kappa shape index (κ3) is 5.11. The van der Waals surface area contributed by atoms with Gasteiger partial charge in [-0.25, -0.2) is 4.79 Å². The van der Waals surface area contributed by atoms with E-state index in [1.165, 1.54) is 38.5 Å². The molecule has 1 saturated heterocycles. The first kappa shape index (κ1) is 32.3. The summed E-state index contributed by atoms with van der Waals surface area (Å²) in [7, 11) is 0. The summed E-state index contributed by atoms with van der Waals surface area (Å²) in [5.74, 6) is -0.467. The Hall–Kier alpha value is -1.41. The zero-order chi connectivity index (χ0) is 33.6. The summed E-state index contributed by atoms with van der Waals surface area (Å²) in [4.78, 5) is 40.8. The van der Waals surface area contributed by atoms with E-state index in [9.17, 15) is 23.2 Å². The van der Waals surface area contributed by atoms with Crippen LogP contribution in [0.5, 0.6) is 0 Å². The highest BCUT2D eigenvalue weighted by atomic mass is 19.3. The molecule has 12 aliphatic carbocycles. The van der Waals surface area contributed by atoms with Gasteiger partial charge in [0.1, 0.15) is 17.2 Å². The molecule has 0 aromatic carbocycles. The van der Waals surface area contributed by atoms with Crippen LogP contribution in [0.25, 0.3) is 0 Å². The molecular formula is C41H56F2O6. The van der Waals surface area contributed by atoms with E-state index >= 15 is 0 Å². The van der Waals surface area contributed by atoms with Crippen LogP contribution < -0.4 is 0 Å². The first-order valence-corrected chi connectivity index (χ1v) is 20.4. The molecule has 1 spiro atoms. The van der Waals surface area contributed by atoms with Crippen LogP contribution >= 0.6 is 0 Å². The number of carbonyl (C=O) groups excluding carboxylic acids is 3. The normalized spacial score (nSPS) is 52.8. The van der Waals surface area contributed by atoms with E-state index in [0.717, 1.165) is 86.9 Å². The molecule has 270 valence electrons. The van der Waals surface area contributed by atoms with Crippen molar-refractivity contribution >= 4 is 17.5 Å². The van der Waals surface area contributed by atoms with Gasteiger partial charge in [0.2, 0.25) is 0 Å². The van der Waals surface area contributed by atoms with E-state index in [0.29, 0.717) is 69.4 Å². The van der Waals surface area contributed by atoms with Crippen LogP contribution in [0.4, 0.5) is 8.78 Å². The van der Waals surface area contributed by atoms with Gasteiger partial charge >= 0.3 is 11.9 Å². The molecule has 49 heavy (non-hydrogen) atoms. The Kier molecular flexibility index (Phi) is 7.12. The summed E-state index contributed by atoms with van der Waals surface area (Å²) < 4.78 is 47.9. The minimum Gasteiger partial charge on any atom is -0.455 e. The molecule has 1 aliphatic heterocycles. The van der Waals surface area contributed by atoms with Crippen molar-refractivity contribution in [2.24, 2.45) is 64.1 Å². The zero-order valence-electron chi connectivity index (χ0n) is 29.4. The number of esters is 1. The average molecular weight is 683 g/mol. The Morgan fingerprint density at radius 1 is 0.592 bits per heavy atom. The van der Waals surface area contributed by atoms with Crippen LogP contribution in [-0.2, 0) is 28.6 Å². The Morgan fingerprint density at radius 2 is 0.959 bits per heavy atom. The van der Waals surface area contributed by atoms with Crippen molar-refractivity contribution in [3.63, 3.8) is 0 Å². The van der Waals surface area contributed by atoms with Gasteiger partial charge in [0.25, 0.3) is 0 Å². The highest BCUT2D eigenvalue weighted by Crippen LogP contribution is 2.66. The summed E-state index contributed by atoms with van der Waals surface area (Å²) in [5.41, 5.74) is -1.17. The Balaban J connectivity index is 0.879. The number of hydrogen-bond donors (Lipinski definition) is 0. The van der Waals surface area contributed by atoms with E-state index in [1.807, 2.05) is 0 Å². The summed E-state index contributed by atoms with van der Waals surface area (Å²) in [6.07, 6.45) is 19.3. The molecule has 0 aromatic heterocycles. The molecule has 4 atom stereocenters. The number of alkyl halides is 2. The standard InChI is InChI=1S/C41H56F2O6/c1-37(42,43)36(46)49-40-20-29-12-30(21-40)41(31(13-29)22-40)47-32(2-4-34(44)38-14-23-6-24(15-38)8-25(7-23)16-38)33(48-41)3-5-35(45)39-17-26-9-27(18-39)11-28(10-26)19-39/h23-33H,2-22H2,1H3. The van der Waals surface area contributed by atoms with Crippen LogP contribution in [0.2, 0.25) is 0 Å². The second-order valence-electron chi connectivity index (χ2n) is 20.2. The SMILES string of the molecule is CC(F)(F)C(=O)OC12CC3CC(C1)C1(OC(CCC(=O)C45CC6CC(CC(C6)C4)C5)C(CCC(=O)C45CC6CC(CC(C6)C4)C5)O1)C(C3)C2. The monoisotopic (exact) mass is 682 g/mol. The lowest BCUT2D eigenvalue weighted by atomic mass is 9.48. The minimum absolute atomic E-state index is 0.0535. The predicted octanol–water partition coefficient (Wildman–Crippen LogP) is 8.38. The summed E-state index contributed by atoms with van der Waals surface area (Å²) in [6.45, 7) is 0.616. The molecule has 8 heteroatoms. The van der Waals surface area contributed by atoms with Crippen molar-refractivity contribution in [2.75, 3.05) is 0 Å². The second-order valence-corrected chi connectivity index (χ2v) is 20.2. The zero-order valence-corrected chi connectivity index (χ0v) is 29.4. The molecule has 6 nitrogen and oxygen atoms in total. The lowest BCUT2D eigenvalue weighted by Gasteiger charge is -2.62. The topological polar surface area (TPSA) is 78.9 Å². The highest BCUT2D eigenvalue weighted by molar-refractivity contribution is 5.86. The minimum atomic E-state index is -3.52. The molecule has 0 aromatic rings. The molecule has 0 amide bonds. The van der Waals surface area contributed by atoms with Gasteiger partial charge in [-0.2, -0.15) is 8.78 Å². The van der Waals surface area contributed by atoms with Gasteiger partial charge in [0.05, 0.1) is 12.2 Å². The third-order valence-electron chi connectivity index (χ3n) is 16.6. The molecule has 0 N–H and O–H groups in total. The van der Waals surface area contributed by atoms with Gasteiger partial charge in [-0.05, 0) is 163 Å². The van der Waals surface area contributed by atoms with Crippen LogP contribution in [0.15, 0.2) is 0 Å². The fourth-order valence-electron chi connectivity index (χ4n) is 15.8. The number of rotatable bonds is 10. The van der Waals surface area contributed by atoms with Crippen LogP contribution in [0, 0.1) is 64.1 Å². The fraction of sp³-hybridized carbons (Fsp3) is 0.927. The van der Waals surface area contributed by atoms with E-state index in [-0.39, 0.29) is 34.9 Å². The molecule has 13 fully saturated rings. The maximum absolute atomic E-state index is 14.2. The van der Waals surface area contributed by atoms with Crippen LogP contribution in [-0.4, -0.2) is 47.1 Å². The summed E-state index contributed by atoms with van der Waals surface area (Å²) >= 11 is 0. The smallest absolute Gasteiger partial charge is 0.377 e. The number of Topliss-reactive ketones (excluding diaryl/α,β-unsaturated/α-hetero) is 2. The highest BCUT2D eigenvalue weighted by Gasteiger charge is 2.69. The average Bonchev–Trinajstić information content (AvgIpc) is 3.38. The van der Waals surface area contributed by atoms with Gasteiger partial charge in [-0.3, -0.25) is 9.59 Å². The molecule has 0 radical (unpaired) electrons. The van der Waals surface area contributed by atoms with Crippen LogP contribution in [0.1, 0.15) is 142 Å².